The van der Waals surface area contributed by atoms with Crippen molar-refractivity contribution in [1.29, 1.82) is 0 Å². The number of aliphatic imine (C=N–C) groups is 1. The van der Waals surface area contributed by atoms with Crippen molar-refractivity contribution in [1.82, 2.24) is 35.1 Å². The number of fused-ring (bicyclic) bond motifs is 2. The summed E-state index contributed by atoms with van der Waals surface area (Å²) in [5.74, 6) is 2.46. The first-order valence-corrected chi connectivity index (χ1v) is 19.5. The molecule has 5 aromatic rings. The van der Waals surface area contributed by atoms with Gasteiger partial charge in [0.25, 0.3) is 0 Å². The summed E-state index contributed by atoms with van der Waals surface area (Å²) in [4.78, 5) is 73.2. The van der Waals surface area contributed by atoms with E-state index in [-0.39, 0.29) is 35.7 Å². The van der Waals surface area contributed by atoms with Gasteiger partial charge < -0.3 is 39.4 Å². The van der Waals surface area contributed by atoms with Crippen molar-refractivity contribution >= 4 is 46.4 Å². The normalized spacial score (nSPS) is 18.2. The maximum atomic E-state index is 13.6. The average molecular weight is 779 g/mol. The highest BCUT2D eigenvalue weighted by Crippen LogP contribution is 2.36. The summed E-state index contributed by atoms with van der Waals surface area (Å²) in [6.45, 7) is 8.94. The molecule has 0 radical (unpaired) electrons. The second kappa shape index (κ2) is 17.0. The minimum atomic E-state index is -0.693. The molecule has 4 atom stereocenters. The summed E-state index contributed by atoms with van der Waals surface area (Å²) in [6, 6.07) is 18.0. The van der Waals surface area contributed by atoms with E-state index in [0.717, 1.165) is 70.5 Å². The SMILES string of the molecule is COOC=N[C@H](C(=O)N1CCC[C@H]1c1nc2ccc(Oc3ccc(-c4ccc5nc([C@@H]6CCCN6C(=O)[C@@H](NC(=O)OC)C(C)C)[nH]c5c4)cc3)cc2[nH]1)C(C)C. The molecule has 15 nitrogen and oxygen atoms in total. The van der Waals surface area contributed by atoms with Gasteiger partial charge in [0.2, 0.25) is 18.2 Å². The number of hydrogen-bond acceptors (Lipinski definition) is 10. The van der Waals surface area contributed by atoms with Crippen molar-refractivity contribution in [3.8, 4) is 22.6 Å². The lowest BCUT2D eigenvalue weighted by Gasteiger charge is -2.29. The van der Waals surface area contributed by atoms with Crippen LogP contribution in [0.2, 0.25) is 0 Å². The van der Waals surface area contributed by atoms with Crippen molar-refractivity contribution in [3.05, 3.63) is 72.3 Å². The van der Waals surface area contributed by atoms with Gasteiger partial charge >= 0.3 is 6.09 Å². The van der Waals surface area contributed by atoms with E-state index in [1.807, 2.05) is 92.1 Å². The fourth-order valence-electron chi connectivity index (χ4n) is 7.78. The van der Waals surface area contributed by atoms with Crippen LogP contribution in [0.5, 0.6) is 11.5 Å². The number of benzene rings is 3. The van der Waals surface area contributed by atoms with Gasteiger partial charge in [-0.3, -0.25) is 9.59 Å². The fourth-order valence-corrected chi connectivity index (χ4v) is 7.78. The van der Waals surface area contributed by atoms with E-state index >= 15 is 0 Å². The first-order chi connectivity index (χ1) is 27.5. The molecule has 0 unspecified atom stereocenters. The van der Waals surface area contributed by atoms with Gasteiger partial charge in [-0.05, 0) is 85.0 Å². The fraction of sp³-hybridized carbons (Fsp3) is 0.429. The van der Waals surface area contributed by atoms with Gasteiger partial charge in [0.05, 0.1) is 48.4 Å². The van der Waals surface area contributed by atoms with Crippen LogP contribution in [-0.4, -0.2) is 93.4 Å². The molecule has 2 saturated heterocycles. The van der Waals surface area contributed by atoms with Crippen molar-refractivity contribution in [2.45, 2.75) is 77.5 Å². The molecule has 2 aliphatic heterocycles. The molecule has 3 N–H and O–H groups in total. The Morgan fingerprint density at radius 3 is 1.95 bits per heavy atom. The van der Waals surface area contributed by atoms with Crippen molar-refractivity contribution in [2.75, 3.05) is 27.3 Å². The molecular formula is C42H50N8O7. The zero-order chi connectivity index (χ0) is 40.2. The topological polar surface area (TPSA) is 176 Å². The third-order valence-electron chi connectivity index (χ3n) is 10.7. The van der Waals surface area contributed by atoms with E-state index in [0.29, 0.717) is 24.6 Å². The molecule has 2 aliphatic rings. The number of imidazole rings is 2. The zero-order valence-corrected chi connectivity index (χ0v) is 33.2. The molecule has 300 valence electrons. The van der Waals surface area contributed by atoms with E-state index < -0.39 is 18.2 Å². The van der Waals surface area contributed by atoms with Crippen LogP contribution in [0.4, 0.5) is 4.79 Å². The lowest BCUT2D eigenvalue weighted by atomic mass is 10.0. The average Bonchev–Trinajstić information content (AvgIpc) is 4.03. The molecule has 2 aromatic heterocycles. The largest absolute Gasteiger partial charge is 0.457 e. The number of amides is 3. The van der Waals surface area contributed by atoms with Crippen LogP contribution in [0.1, 0.15) is 77.1 Å². The van der Waals surface area contributed by atoms with Crippen LogP contribution in [-0.2, 0) is 24.1 Å². The number of hydrogen-bond donors (Lipinski definition) is 3. The minimum Gasteiger partial charge on any atom is -0.457 e. The van der Waals surface area contributed by atoms with Crippen molar-refractivity contribution in [3.63, 3.8) is 0 Å². The van der Waals surface area contributed by atoms with E-state index in [1.54, 1.807) is 0 Å². The van der Waals surface area contributed by atoms with Gasteiger partial charge in [-0.25, -0.2) is 19.8 Å². The highest BCUT2D eigenvalue weighted by Gasteiger charge is 2.38. The lowest BCUT2D eigenvalue weighted by Crippen LogP contribution is -2.51. The summed E-state index contributed by atoms with van der Waals surface area (Å²) in [6.07, 6.45) is 3.84. The van der Waals surface area contributed by atoms with Crippen LogP contribution >= 0.6 is 0 Å². The number of aromatic amines is 2. The van der Waals surface area contributed by atoms with Crippen LogP contribution in [0.25, 0.3) is 33.2 Å². The number of nitrogens with one attached hydrogen (secondary N) is 3. The third kappa shape index (κ3) is 8.43. The highest BCUT2D eigenvalue weighted by atomic mass is 17.2. The predicted molar refractivity (Wildman–Crippen MR) is 214 cm³/mol. The summed E-state index contributed by atoms with van der Waals surface area (Å²) in [7, 11) is 2.68. The Balaban J connectivity index is 1.02. The maximum absolute atomic E-state index is 13.6. The van der Waals surface area contributed by atoms with E-state index in [1.165, 1.54) is 20.6 Å². The molecule has 0 spiro atoms. The van der Waals surface area contributed by atoms with Crippen LogP contribution < -0.4 is 10.1 Å². The third-order valence-corrected chi connectivity index (χ3v) is 10.7. The number of nitrogens with zero attached hydrogens (tertiary/aromatic N) is 5. The Morgan fingerprint density at radius 2 is 1.35 bits per heavy atom. The molecule has 15 heteroatoms. The number of alkyl carbamates (subject to hydrolysis) is 1. The Bertz CT molecular complexity index is 2250. The van der Waals surface area contributed by atoms with Gasteiger partial charge in [-0.1, -0.05) is 45.9 Å². The Morgan fingerprint density at radius 1 is 0.772 bits per heavy atom. The highest BCUT2D eigenvalue weighted by molar-refractivity contribution is 5.87. The number of ether oxygens (including phenoxy) is 2. The Kier molecular flexibility index (Phi) is 11.7. The molecule has 3 aromatic carbocycles. The Hall–Kier alpha value is -5.96. The monoisotopic (exact) mass is 778 g/mol. The standard InChI is InChI=1S/C42H50N8O7/c1-24(2)36(43-23-56-55-6)40(51)49-19-7-9-34(49)39-45-31-18-16-29(22-33(31)47-39)57-28-14-11-26(12-15-28)27-13-17-30-32(21-27)46-38(44-30)35-10-8-20-50(35)41(52)37(25(3)4)48-42(53)54-5/h11-18,21-25,34-37H,7-10,19-20H2,1-6H3,(H,44,46)(H,45,47)(H,48,53)/t34-,35-,36-,37-/m0/s1. The van der Waals surface area contributed by atoms with Gasteiger partial charge in [0.15, 0.2) is 0 Å². The van der Waals surface area contributed by atoms with Gasteiger partial charge in [0.1, 0.15) is 35.2 Å². The van der Waals surface area contributed by atoms with Crippen LogP contribution in [0, 0.1) is 11.8 Å². The molecule has 4 heterocycles. The summed E-state index contributed by atoms with van der Waals surface area (Å²) in [5, 5.41) is 2.70. The molecule has 3 amide bonds. The Labute approximate surface area is 331 Å². The van der Waals surface area contributed by atoms with Crippen molar-refractivity contribution < 1.29 is 33.6 Å². The van der Waals surface area contributed by atoms with Crippen molar-refractivity contribution in [2.24, 2.45) is 16.8 Å². The minimum absolute atomic E-state index is 0.0234. The number of likely N-dealkylation sites (tertiary alicyclic amines) is 2. The number of carbonyl (C=O) groups excluding carboxylic acids is 3. The second-order valence-corrected chi connectivity index (χ2v) is 15.2. The molecule has 7 rings (SSSR count). The molecule has 0 aliphatic carbocycles. The molecule has 0 saturated carbocycles. The first-order valence-electron chi connectivity index (χ1n) is 19.5. The first kappa shape index (κ1) is 39.3. The molecule has 2 fully saturated rings. The lowest BCUT2D eigenvalue weighted by molar-refractivity contribution is -0.188. The number of carbonyl (C=O) groups is 3. The number of H-pyrrole nitrogens is 2. The molecule has 0 bridgehead atoms. The maximum Gasteiger partial charge on any atom is 0.407 e. The smallest absolute Gasteiger partial charge is 0.407 e. The van der Waals surface area contributed by atoms with Crippen LogP contribution in [0.15, 0.2) is 65.7 Å². The number of aromatic nitrogens is 4. The van der Waals surface area contributed by atoms with Gasteiger partial charge in [-0.15, -0.1) is 0 Å². The van der Waals surface area contributed by atoms with E-state index in [2.05, 4.69) is 31.2 Å². The molecule has 57 heavy (non-hydrogen) atoms. The van der Waals surface area contributed by atoms with Crippen LogP contribution in [0.3, 0.4) is 0 Å². The van der Waals surface area contributed by atoms with E-state index in [4.69, 9.17) is 24.3 Å². The molecular weight excluding hydrogens is 729 g/mol. The van der Waals surface area contributed by atoms with Gasteiger partial charge in [-0.2, -0.15) is 4.89 Å². The number of rotatable bonds is 13. The quantitative estimate of drug-likeness (QED) is 0.0482. The van der Waals surface area contributed by atoms with E-state index in [9.17, 15) is 14.4 Å². The summed E-state index contributed by atoms with van der Waals surface area (Å²) < 4.78 is 11.0. The van der Waals surface area contributed by atoms with Gasteiger partial charge in [0, 0.05) is 19.2 Å². The predicted octanol–water partition coefficient (Wildman–Crippen LogP) is 7.24. The summed E-state index contributed by atoms with van der Waals surface area (Å²) >= 11 is 0. The summed E-state index contributed by atoms with van der Waals surface area (Å²) in [5.41, 5.74) is 5.31. The zero-order valence-electron chi connectivity index (χ0n) is 33.2. The second-order valence-electron chi connectivity index (χ2n) is 15.2. The number of methoxy groups -OCH3 is 1.